The maximum absolute atomic E-state index is 5.86. The van der Waals surface area contributed by atoms with Crippen LogP contribution < -0.4 is 5.73 Å². The Morgan fingerprint density at radius 1 is 1.00 bits per heavy atom. The van der Waals surface area contributed by atoms with Gasteiger partial charge in [0.25, 0.3) is 0 Å². The molecule has 5 nitrogen and oxygen atoms in total. The molecule has 0 aliphatic carbocycles. The smallest absolute Gasteiger partial charge is 0.187 e. The summed E-state index contributed by atoms with van der Waals surface area (Å²) in [6.07, 6.45) is 0. The first kappa shape index (κ1) is 13.3. The Kier molecular flexibility index (Phi) is 3.17. The highest BCUT2D eigenvalue weighted by molar-refractivity contribution is 5.63. The molecule has 2 aromatic carbocycles. The average molecular weight is 279 g/mol. The van der Waals surface area contributed by atoms with Gasteiger partial charge in [-0.1, -0.05) is 29.8 Å². The maximum atomic E-state index is 5.86. The molecule has 5 heteroatoms. The molecule has 3 aromatic rings. The molecule has 0 spiro atoms. The number of nitrogen functional groups attached to an aromatic ring is 1. The van der Waals surface area contributed by atoms with Gasteiger partial charge < -0.3 is 5.73 Å². The summed E-state index contributed by atoms with van der Waals surface area (Å²) < 4.78 is 1.78. The molecule has 0 bridgehead atoms. The number of nitrogens with two attached hydrogens (primary N) is 1. The summed E-state index contributed by atoms with van der Waals surface area (Å²) in [5.41, 5.74) is 12.0. The van der Waals surface area contributed by atoms with Gasteiger partial charge in [0.15, 0.2) is 5.82 Å². The SMILES string of the molecule is Cc1cc(C)c(-n2nnnc2-c2cccc(N)c2)c(C)c1. The molecular formula is C16H17N5. The quantitative estimate of drug-likeness (QED) is 0.732. The van der Waals surface area contributed by atoms with Gasteiger partial charge in [-0.2, -0.15) is 4.68 Å². The molecule has 0 saturated heterocycles. The first-order valence-electron chi connectivity index (χ1n) is 6.79. The van der Waals surface area contributed by atoms with Crippen molar-refractivity contribution in [2.24, 2.45) is 0 Å². The van der Waals surface area contributed by atoms with Crippen LogP contribution in [-0.2, 0) is 0 Å². The van der Waals surface area contributed by atoms with E-state index in [1.165, 1.54) is 5.56 Å². The lowest BCUT2D eigenvalue weighted by Crippen LogP contribution is -2.05. The topological polar surface area (TPSA) is 69.6 Å². The van der Waals surface area contributed by atoms with Crippen LogP contribution in [0.15, 0.2) is 36.4 Å². The fraction of sp³-hybridized carbons (Fsp3) is 0.188. The van der Waals surface area contributed by atoms with Gasteiger partial charge in [-0.25, -0.2) is 0 Å². The third-order valence-corrected chi connectivity index (χ3v) is 3.46. The van der Waals surface area contributed by atoms with E-state index in [-0.39, 0.29) is 0 Å². The van der Waals surface area contributed by atoms with Gasteiger partial charge in [0.05, 0.1) is 5.69 Å². The summed E-state index contributed by atoms with van der Waals surface area (Å²) in [6, 6.07) is 11.8. The van der Waals surface area contributed by atoms with Crippen LogP contribution in [0.4, 0.5) is 5.69 Å². The Bertz CT molecular complexity index is 781. The van der Waals surface area contributed by atoms with Crippen molar-refractivity contribution in [3.8, 4) is 17.1 Å². The normalized spacial score (nSPS) is 10.8. The number of rotatable bonds is 2. The van der Waals surface area contributed by atoms with Crippen LogP contribution in [0.25, 0.3) is 17.1 Å². The molecule has 3 rings (SSSR count). The summed E-state index contributed by atoms with van der Waals surface area (Å²) in [5, 5.41) is 12.1. The number of nitrogens with zero attached hydrogens (tertiary/aromatic N) is 4. The molecule has 106 valence electrons. The Hall–Kier alpha value is -2.69. The lowest BCUT2D eigenvalue weighted by Gasteiger charge is -2.12. The molecule has 0 unspecified atom stereocenters. The number of anilines is 1. The van der Waals surface area contributed by atoms with Gasteiger partial charge in [0.1, 0.15) is 0 Å². The van der Waals surface area contributed by atoms with E-state index in [1.54, 1.807) is 4.68 Å². The van der Waals surface area contributed by atoms with Crippen molar-refractivity contribution >= 4 is 5.69 Å². The van der Waals surface area contributed by atoms with Gasteiger partial charge in [-0.15, -0.1) is 5.10 Å². The summed E-state index contributed by atoms with van der Waals surface area (Å²) in [5.74, 6) is 0.692. The molecule has 1 heterocycles. The van der Waals surface area contributed by atoms with Crippen LogP contribution in [0.1, 0.15) is 16.7 Å². The first-order chi connectivity index (χ1) is 10.1. The van der Waals surface area contributed by atoms with Crippen LogP contribution in [-0.4, -0.2) is 20.2 Å². The van der Waals surface area contributed by atoms with Gasteiger partial charge in [0.2, 0.25) is 0 Å². The van der Waals surface area contributed by atoms with E-state index >= 15 is 0 Å². The second-order valence-corrected chi connectivity index (χ2v) is 5.29. The summed E-state index contributed by atoms with van der Waals surface area (Å²) in [6.45, 7) is 6.22. The van der Waals surface area contributed by atoms with Crippen molar-refractivity contribution in [3.05, 3.63) is 53.1 Å². The average Bonchev–Trinajstić information content (AvgIpc) is 2.86. The molecule has 0 aliphatic rings. The van der Waals surface area contributed by atoms with Gasteiger partial charge in [-0.3, -0.25) is 0 Å². The van der Waals surface area contributed by atoms with Crippen LogP contribution >= 0.6 is 0 Å². The standard InChI is InChI=1S/C16H17N5/c1-10-7-11(2)15(12(3)8-10)21-16(18-19-20-21)13-5-4-6-14(17)9-13/h4-9H,17H2,1-3H3. The molecule has 21 heavy (non-hydrogen) atoms. The third-order valence-electron chi connectivity index (χ3n) is 3.46. The molecule has 0 aliphatic heterocycles. The molecule has 0 atom stereocenters. The van der Waals surface area contributed by atoms with Crippen LogP contribution in [0.3, 0.4) is 0 Å². The van der Waals surface area contributed by atoms with E-state index in [1.807, 2.05) is 24.3 Å². The molecule has 0 fully saturated rings. The summed E-state index contributed by atoms with van der Waals surface area (Å²) in [4.78, 5) is 0. The van der Waals surface area contributed by atoms with Crippen molar-refractivity contribution in [3.63, 3.8) is 0 Å². The van der Waals surface area contributed by atoms with Gasteiger partial charge in [-0.05, 0) is 54.5 Å². The highest BCUT2D eigenvalue weighted by Gasteiger charge is 2.15. The lowest BCUT2D eigenvalue weighted by atomic mass is 10.0. The Morgan fingerprint density at radius 2 is 1.71 bits per heavy atom. The minimum Gasteiger partial charge on any atom is -0.399 e. The lowest BCUT2D eigenvalue weighted by molar-refractivity contribution is 0.783. The van der Waals surface area contributed by atoms with E-state index in [0.29, 0.717) is 11.5 Å². The molecule has 0 radical (unpaired) electrons. The fourth-order valence-electron chi connectivity index (χ4n) is 2.70. The molecular weight excluding hydrogens is 262 g/mol. The van der Waals surface area contributed by atoms with E-state index in [9.17, 15) is 0 Å². The fourth-order valence-corrected chi connectivity index (χ4v) is 2.70. The number of tetrazole rings is 1. The molecule has 0 saturated carbocycles. The van der Waals surface area contributed by atoms with Crippen LogP contribution in [0.5, 0.6) is 0 Å². The Balaban J connectivity index is 2.21. The zero-order valence-corrected chi connectivity index (χ0v) is 12.3. The predicted molar refractivity (Wildman–Crippen MR) is 83.2 cm³/mol. The predicted octanol–water partition coefficient (Wildman–Crippen LogP) is 2.84. The minimum absolute atomic E-state index is 0.692. The third kappa shape index (κ3) is 2.38. The van der Waals surface area contributed by atoms with Crippen molar-refractivity contribution in [2.45, 2.75) is 20.8 Å². The molecule has 0 amide bonds. The number of hydrogen-bond donors (Lipinski definition) is 1. The van der Waals surface area contributed by atoms with Crippen LogP contribution in [0.2, 0.25) is 0 Å². The van der Waals surface area contributed by atoms with Crippen molar-refractivity contribution < 1.29 is 0 Å². The zero-order valence-electron chi connectivity index (χ0n) is 12.3. The van der Waals surface area contributed by atoms with E-state index in [2.05, 4.69) is 48.4 Å². The largest absolute Gasteiger partial charge is 0.399 e. The molecule has 1 aromatic heterocycles. The van der Waals surface area contributed by atoms with Crippen molar-refractivity contribution in [1.82, 2.24) is 20.2 Å². The summed E-state index contributed by atoms with van der Waals surface area (Å²) in [7, 11) is 0. The van der Waals surface area contributed by atoms with E-state index in [4.69, 9.17) is 5.73 Å². The first-order valence-corrected chi connectivity index (χ1v) is 6.79. The van der Waals surface area contributed by atoms with Crippen molar-refractivity contribution in [1.29, 1.82) is 0 Å². The minimum atomic E-state index is 0.692. The number of aromatic nitrogens is 4. The zero-order chi connectivity index (χ0) is 15.0. The Labute approximate surface area is 123 Å². The van der Waals surface area contributed by atoms with Crippen LogP contribution in [0, 0.1) is 20.8 Å². The number of aryl methyl sites for hydroxylation is 3. The highest BCUT2D eigenvalue weighted by Crippen LogP contribution is 2.25. The second kappa shape index (κ2) is 5.01. The van der Waals surface area contributed by atoms with Crippen molar-refractivity contribution in [2.75, 3.05) is 5.73 Å². The number of hydrogen-bond acceptors (Lipinski definition) is 4. The monoisotopic (exact) mass is 279 g/mol. The van der Waals surface area contributed by atoms with E-state index in [0.717, 1.165) is 22.4 Å². The maximum Gasteiger partial charge on any atom is 0.187 e. The van der Waals surface area contributed by atoms with E-state index < -0.39 is 0 Å². The number of benzene rings is 2. The van der Waals surface area contributed by atoms with Gasteiger partial charge in [0, 0.05) is 11.3 Å². The summed E-state index contributed by atoms with van der Waals surface area (Å²) >= 11 is 0. The molecule has 2 N–H and O–H groups in total. The second-order valence-electron chi connectivity index (χ2n) is 5.29. The Morgan fingerprint density at radius 3 is 2.38 bits per heavy atom. The highest BCUT2D eigenvalue weighted by atomic mass is 15.5. The van der Waals surface area contributed by atoms with Gasteiger partial charge >= 0.3 is 0 Å².